The Kier molecular flexibility index (Phi) is 4.23. The fourth-order valence-electron chi connectivity index (χ4n) is 2.01. The van der Waals surface area contributed by atoms with Crippen molar-refractivity contribution in [1.82, 2.24) is 0 Å². The fourth-order valence-corrected chi connectivity index (χ4v) is 3.07. The quantitative estimate of drug-likeness (QED) is 0.806. The van der Waals surface area contributed by atoms with Gasteiger partial charge in [0.15, 0.2) is 5.78 Å². The van der Waals surface area contributed by atoms with Gasteiger partial charge in [-0.15, -0.1) is 0 Å². The van der Waals surface area contributed by atoms with E-state index in [-0.39, 0.29) is 16.6 Å². The van der Waals surface area contributed by atoms with Crippen molar-refractivity contribution in [1.29, 1.82) is 0 Å². The van der Waals surface area contributed by atoms with E-state index >= 15 is 0 Å². The molecular formula is C16H17NO3S. The van der Waals surface area contributed by atoms with Crippen molar-refractivity contribution < 1.29 is 13.2 Å². The molecule has 0 aliphatic heterocycles. The summed E-state index contributed by atoms with van der Waals surface area (Å²) in [6.45, 7) is 5.47. The monoisotopic (exact) mass is 303 g/mol. The van der Waals surface area contributed by atoms with E-state index in [1.165, 1.54) is 18.2 Å². The van der Waals surface area contributed by atoms with Gasteiger partial charge in [-0.25, -0.2) is 0 Å². The van der Waals surface area contributed by atoms with Crippen molar-refractivity contribution in [3.05, 3.63) is 53.6 Å². The Bertz CT molecular complexity index is 754. The topological polar surface area (TPSA) is 63.6 Å². The van der Waals surface area contributed by atoms with E-state index in [9.17, 15) is 13.2 Å². The van der Waals surface area contributed by atoms with Crippen molar-refractivity contribution in [3.63, 3.8) is 0 Å². The lowest BCUT2D eigenvalue weighted by molar-refractivity contribution is -0.111. The molecule has 0 N–H and O–H groups in total. The Labute approximate surface area is 125 Å². The summed E-state index contributed by atoms with van der Waals surface area (Å²) in [5.74, 6) is -0.0648. The zero-order chi connectivity index (χ0) is 15.6. The van der Waals surface area contributed by atoms with Crippen LogP contribution in [-0.2, 0) is 14.8 Å². The Balaban J connectivity index is 2.50. The number of carbonyl (C=O) groups is 1. The minimum absolute atomic E-state index is 0.0199. The van der Waals surface area contributed by atoms with Gasteiger partial charge in [0.05, 0.1) is 10.6 Å². The summed E-state index contributed by atoms with van der Waals surface area (Å²) in [6.07, 6.45) is 3.01. The van der Waals surface area contributed by atoms with Crippen molar-refractivity contribution in [2.75, 3.05) is 0 Å². The SMILES string of the molecule is CC1=CC(=O)C(C(C)C)=C/C1=N\S(=O)(=O)c1ccccc1. The van der Waals surface area contributed by atoms with Gasteiger partial charge < -0.3 is 0 Å². The molecule has 0 saturated heterocycles. The first kappa shape index (κ1) is 15.4. The molecule has 2 rings (SSSR count). The third-order valence-electron chi connectivity index (χ3n) is 3.21. The number of ketones is 1. The number of sulfonamides is 1. The highest BCUT2D eigenvalue weighted by molar-refractivity contribution is 7.90. The summed E-state index contributed by atoms with van der Waals surface area (Å²) in [5, 5.41) is 0. The molecule has 0 saturated carbocycles. The van der Waals surface area contributed by atoms with E-state index in [4.69, 9.17) is 0 Å². The van der Waals surface area contributed by atoms with Crippen molar-refractivity contribution in [2.24, 2.45) is 10.3 Å². The number of nitrogens with zero attached hydrogens (tertiary/aromatic N) is 1. The molecule has 0 radical (unpaired) electrons. The minimum Gasteiger partial charge on any atom is -0.290 e. The Morgan fingerprint density at radius 2 is 1.67 bits per heavy atom. The molecule has 0 unspecified atom stereocenters. The number of benzene rings is 1. The summed E-state index contributed by atoms with van der Waals surface area (Å²) >= 11 is 0. The van der Waals surface area contributed by atoms with E-state index in [1.807, 2.05) is 13.8 Å². The highest BCUT2D eigenvalue weighted by Crippen LogP contribution is 2.21. The average Bonchev–Trinajstić information content (AvgIpc) is 2.42. The summed E-state index contributed by atoms with van der Waals surface area (Å²) < 4.78 is 28.4. The van der Waals surface area contributed by atoms with Gasteiger partial charge in [0.25, 0.3) is 10.0 Å². The lowest BCUT2D eigenvalue weighted by Gasteiger charge is -2.15. The second-order valence-electron chi connectivity index (χ2n) is 5.21. The van der Waals surface area contributed by atoms with Gasteiger partial charge in [-0.2, -0.15) is 12.8 Å². The predicted molar refractivity (Wildman–Crippen MR) is 82.7 cm³/mol. The van der Waals surface area contributed by atoms with Gasteiger partial charge in [0.2, 0.25) is 0 Å². The average molecular weight is 303 g/mol. The van der Waals surface area contributed by atoms with Crippen LogP contribution >= 0.6 is 0 Å². The fraction of sp³-hybridized carbons (Fsp3) is 0.250. The van der Waals surface area contributed by atoms with Crippen molar-refractivity contribution >= 4 is 21.5 Å². The van der Waals surface area contributed by atoms with Crippen LogP contribution in [0.3, 0.4) is 0 Å². The van der Waals surface area contributed by atoms with Crippen LogP contribution < -0.4 is 0 Å². The molecule has 1 aromatic rings. The Hall–Kier alpha value is -2.01. The van der Waals surface area contributed by atoms with Crippen LogP contribution in [0.4, 0.5) is 0 Å². The Morgan fingerprint density at radius 3 is 2.24 bits per heavy atom. The standard InChI is InChI=1S/C16H17NO3S/c1-11(2)14-10-15(12(3)9-16(14)18)17-21(19,20)13-7-5-4-6-8-13/h4-11H,1-3H3/b17-15+. The smallest absolute Gasteiger partial charge is 0.282 e. The van der Waals surface area contributed by atoms with Crippen LogP contribution in [-0.4, -0.2) is 19.9 Å². The molecule has 0 atom stereocenters. The lowest BCUT2D eigenvalue weighted by Crippen LogP contribution is -2.16. The van der Waals surface area contributed by atoms with E-state index in [2.05, 4.69) is 4.40 Å². The lowest BCUT2D eigenvalue weighted by atomic mass is 9.90. The predicted octanol–water partition coefficient (Wildman–Crippen LogP) is 2.93. The van der Waals surface area contributed by atoms with E-state index in [0.717, 1.165) is 0 Å². The summed E-state index contributed by atoms with van der Waals surface area (Å²) in [4.78, 5) is 12.0. The van der Waals surface area contributed by atoms with E-state index < -0.39 is 10.0 Å². The normalized spacial score (nSPS) is 17.9. The molecule has 0 bridgehead atoms. The molecule has 0 fully saturated rings. The zero-order valence-corrected chi connectivity index (χ0v) is 13.0. The number of hydrogen-bond donors (Lipinski definition) is 0. The van der Waals surface area contributed by atoms with Crippen molar-refractivity contribution in [2.45, 2.75) is 25.7 Å². The molecule has 1 aromatic carbocycles. The molecule has 0 spiro atoms. The van der Waals surface area contributed by atoms with Gasteiger partial charge in [-0.3, -0.25) is 4.79 Å². The number of allylic oxidation sites excluding steroid dienone is 4. The summed E-state index contributed by atoms with van der Waals surface area (Å²) in [6, 6.07) is 8.04. The second kappa shape index (κ2) is 5.77. The summed E-state index contributed by atoms with van der Waals surface area (Å²) in [5.41, 5.74) is 1.45. The molecule has 0 aromatic heterocycles. The first-order valence-electron chi connectivity index (χ1n) is 6.66. The maximum absolute atomic E-state index is 12.3. The molecule has 4 nitrogen and oxygen atoms in total. The molecule has 0 amide bonds. The maximum Gasteiger partial charge on any atom is 0.282 e. The highest BCUT2D eigenvalue weighted by Gasteiger charge is 2.21. The van der Waals surface area contributed by atoms with Gasteiger partial charge in [-0.1, -0.05) is 32.0 Å². The van der Waals surface area contributed by atoms with Crippen LogP contribution in [0.15, 0.2) is 62.9 Å². The van der Waals surface area contributed by atoms with Gasteiger partial charge in [0, 0.05) is 5.57 Å². The van der Waals surface area contributed by atoms with Crippen LogP contribution in [0, 0.1) is 5.92 Å². The van der Waals surface area contributed by atoms with Crippen LogP contribution in [0.25, 0.3) is 0 Å². The first-order chi connectivity index (χ1) is 9.81. The molecule has 0 heterocycles. The van der Waals surface area contributed by atoms with E-state index in [0.29, 0.717) is 16.9 Å². The minimum atomic E-state index is -3.77. The van der Waals surface area contributed by atoms with E-state index in [1.54, 1.807) is 31.2 Å². The molecular weight excluding hydrogens is 286 g/mol. The molecule has 21 heavy (non-hydrogen) atoms. The molecule has 110 valence electrons. The number of rotatable bonds is 3. The maximum atomic E-state index is 12.3. The van der Waals surface area contributed by atoms with Crippen LogP contribution in [0.1, 0.15) is 20.8 Å². The van der Waals surface area contributed by atoms with Crippen molar-refractivity contribution in [3.8, 4) is 0 Å². The molecule has 1 aliphatic carbocycles. The number of hydrogen-bond acceptors (Lipinski definition) is 3. The van der Waals surface area contributed by atoms with Gasteiger partial charge in [0.1, 0.15) is 0 Å². The first-order valence-corrected chi connectivity index (χ1v) is 8.10. The van der Waals surface area contributed by atoms with Crippen LogP contribution in [0.2, 0.25) is 0 Å². The highest BCUT2D eigenvalue weighted by atomic mass is 32.2. The van der Waals surface area contributed by atoms with Gasteiger partial charge >= 0.3 is 0 Å². The van der Waals surface area contributed by atoms with Crippen LogP contribution in [0.5, 0.6) is 0 Å². The molecule has 1 aliphatic rings. The summed E-state index contributed by atoms with van der Waals surface area (Å²) in [7, 11) is -3.77. The second-order valence-corrected chi connectivity index (χ2v) is 6.81. The third-order valence-corrected chi connectivity index (χ3v) is 4.51. The number of carbonyl (C=O) groups excluding carboxylic acids is 1. The third kappa shape index (κ3) is 3.36. The molecule has 5 heteroatoms. The largest absolute Gasteiger partial charge is 0.290 e. The zero-order valence-electron chi connectivity index (χ0n) is 12.2. The Morgan fingerprint density at radius 1 is 1.05 bits per heavy atom. The van der Waals surface area contributed by atoms with Gasteiger partial charge in [-0.05, 0) is 42.7 Å².